The Kier molecular flexibility index (Phi) is 3.84. The lowest BCUT2D eigenvalue weighted by Gasteiger charge is -2.30. The Labute approximate surface area is 110 Å². The second-order valence-corrected chi connectivity index (χ2v) is 5.25. The number of benzene rings is 1. The fraction of sp³-hybridized carbons (Fsp3) is 0.462. The third kappa shape index (κ3) is 2.69. The maximum Gasteiger partial charge on any atom is 0.255 e. The number of aliphatic hydroxyl groups excluding tert-OH is 1. The van der Waals surface area contributed by atoms with E-state index < -0.39 is 0 Å². The SMILES string of the molecule is Cc1cccc(C(=O)N2CCC(O)CC2)c1Br. The van der Waals surface area contributed by atoms with Crippen molar-refractivity contribution in [1.29, 1.82) is 0 Å². The van der Waals surface area contributed by atoms with Gasteiger partial charge in [-0.25, -0.2) is 0 Å². The van der Waals surface area contributed by atoms with Crippen molar-refractivity contribution >= 4 is 21.8 Å². The first kappa shape index (κ1) is 12.6. The van der Waals surface area contributed by atoms with Gasteiger partial charge in [0.25, 0.3) is 5.91 Å². The number of halogens is 1. The number of aliphatic hydroxyl groups is 1. The van der Waals surface area contributed by atoms with Crippen LogP contribution in [0.4, 0.5) is 0 Å². The minimum absolute atomic E-state index is 0.0486. The number of aryl methyl sites for hydroxylation is 1. The number of nitrogens with zero attached hydrogens (tertiary/aromatic N) is 1. The molecule has 1 heterocycles. The van der Waals surface area contributed by atoms with Crippen molar-refractivity contribution in [3.05, 3.63) is 33.8 Å². The van der Waals surface area contributed by atoms with Crippen LogP contribution >= 0.6 is 15.9 Å². The van der Waals surface area contributed by atoms with E-state index in [1.807, 2.05) is 30.0 Å². The van der Waals surface area contributed by atoms with Crippen LogP contribution in [0.1, 0.15) is 28.8 Å². The Balaban J connectivity index is 2.17. The van der Waals surface area contributed by atoms with Gasteiger partial charge in [0.05, 0.1) is 11.7 Å². The van der Waals surface area contributed by atoms with Gasteiger partial charge in [0, 0.05) is 17.6 Å². The number of hydrogen-bond donors (Lipinski definition) is 1. The molecular weight excluding hydrogens is 282 g/mol. The molecule has 92 valence electrons. The molecule has 1 aromatic rings. The van der Waals surface area contributed by atoms with Gasteiger partial charge in [0.1, 0.15) is 0 Å². The average molecular weight is 298 g/mol. The van der Waals surface area contributed by atoms with Crippen LogP contribution in [-0.4, -0.2) is 35.1 Å². The summed E-state index contributed by atoms with van der Waals surface area (Å²) in [4.78, 5) is 14.1. The molecular formula is C13H16BrNO2. The standard InChI is InChI=1S/C13H16BrNO2/c1-9-3-2-4-11(12(9)14)13(17)15-7-5-10(16)6-8-15/h2-4,10,16H,5-8H2,1H3. The van der Waals surface area contributed by atoms with Crippen LogP contribution in [0.15, 0.2) is 22.7 Å². The Bertz CT molecular complexity index is 425. The van der Waals surface area contributed by atoms with E-state index in [9.17, 15) is 9.90 Å². The average Bonchev–Trinajstić information content (AvgIpc) is 2.33. The molecule has 0 bridgehead atoms. The number of amides is 1. The van der Waals surface area contributed by atoms with E-state index >= 15 is 0 Å². The Morgan fingerprint density at radius 1 is 1.41 bits per heavy atom. The van der Waals surface area contributed by atoms with Gasteiger partial charge in [-0.05, 0) is 47.3 Å². The van der Waals surface area contributed by atoms with Crippen LogP contribution in [0, 0.1) is 6.92 Å². The monoisotopic (exact) mass is 297 g/mol. The quantitative estimate of drug-likeness (QED) is 0.864. The number of hydrogen-bond acceptors (Lipinski definition) is 2. The Hall–Kier alpha value is -0.870. The lowest BCUT2D eigenvalue weighted by Crippen LogP contribution is -2.40. The van der Waals surface area contributed by atoms with Gasteiger partial charge >= 0.3 is 0 Å². The molecule has 1 aliphatic heterocycles. The van der Waals surface area contributed by atoms with Gasteiger partial charge in [-0.15, -0.1) is 0 Å². The fourth-order valence-electron chi connectivity index (χ4n) is 2.05. The van der Waals surface area contributed by atoms with Gasteiger partial charge in [0.15, 0.2) is 0 Å². The minimum Gasteiger partial charge on any atom is -0.393 e. The number of piperidine rings is 1. The number of carbonyl (C=O) groups excluding carboxylic acids is 1. The molecule has 0 aliphatic carbocycles. The topological polar surface area (TPSA) is 40.5 Å². The highest BCUT2D eigenvalue weighted by Crippen LogP contribution is 2.23. The van der Waals surface area contributed by atoms with Crippen molar-refractivity contribution in [2.75, 3.05) is 13.1 Å². The summed E-state index contributed by atoms with van der Waals surface area (Å²) in [5, 5.41) is 9.43. The molecule has 17 heavy (non-hydrogen) atoms. The number of likely N-dealkylation sites (tertiary alicyclic amines) is 1. The zero-order valence-corrected chi connectivity index (χ0v) is 11.4. The molecule has 1 amide bonds. The van der Waals surface area contributed by atoms with E-state index in [0.717, 1.165) is 10.0 Å². The normalized spacial score (nSPS) is 17.2. The van der Waals surface area contributed by atoms with Crippen LogP contribution in [0.3, 0.4) is 0 Å². The zero-order chi connectivity index (χ0) is 12.4. The molecule has 3 nitrogen and oxygen atoms in total. The lowest BCUT2D eigenvalue weighted by molar-refractivity contribution is 0.0545. The largest absolute Gasteiger partial charge is 0.393 e. The Morgan fingerprint density at radius 2 is 2.06 bits per heavy atom. The summed E-state index contributed by atoms with van der Waals surface area (Å²) in [5.41, 5.74) is 1.77. The van der Waals surface area contributed by atoms with E-state index in [1.54, 1.807) is 0 Å². The van der Waals surface area contributed by atoms with Gasteiger partial charge < -0.3 is 10.0 Å². The predicted molar refractivity (Wildman–Crippen MR) is 70.0 cm³/mol. The molecule has 0 radical (unpaired) electrons. The third-order valence-corrected chi connectivity index (χ3v) is 4.23. The molecule has 1 aliphatic rings. The smallest absolute Gasteiger partial charge is 0.255 e. The van der Waals surface area contributed by atoms with E-state index in [4.69, 9.17) is 0 Å². The molecule has 1 fully saturated rings. The molecule has 1 saturated heterocycles. The molecule has 0 spiro atoms. The maximum atomic E-state index is 12.3. The van der Waals surface area contributed by atoms with E-state index in [1.165, 1.54) is 0 Å². The fourth-order valence-corrected chi connectivity index (χ4v) is 2.49. The molecule has 4 heteroatoms. The van der Waals surface area contributed by atoms with Crippen LogP contribution in [0.25, 0.3) is 0 Å². The van der Waals surface area contributed by atoms with Crippen molar-refractivity contribution < 1.29 is 9.90 Å². The van der Waals surface area contributed by atoms with Crippen molar-refractivity contribution in [1.82, 2.24) is 4.90 Å². The van der Waals surface area contributed by atoms with Crippen molar-refractivity contribution in [3.63, 3.8) is 0 Å². The second-order valence-electron chi connectivity index (χ2n) is 4.46. The van der Waals surface area contributed by atoms with E-state index in [0.29, 0.717) is 31.5 Å². The summed E-state index contributed by atoms with van der Waals surface area (Å²) >= 11 is 3.46. The van der Waals surface area contributed by atoms with Gasteiger partial charge in [-0.1, -0.05) is 12.1 Å². The lowest BCUT2D eigenvalue weighted by atomic mass is 10.1. The molecule has 0 aromatic heterocycles. The molecule has 0 unspecified atom stereocenters. The molecule has 0 atom stereocenters. The first-order valence-corrected chi connectivity index (χ1v) is 6.61. The third-order valence-electron chi connectivity index (χ3n) is 3.17. The first-order chi connectivity index (χ1) is 8.09. The maximum absolute atomic E-state index is 12.3. The van der Waals surface area contributed by atoms with Crippen molar-refractivity contribution in [2.45, 2.75) is 25.9 Å². The van der Waals surface area contributed by atoms with E-state index in [2.05, 4.69) is 15.9 Å². The van der Waals surface area contributed by atoms with Gasteiger partial charge in [-0.3, -0.25) is 4.79 Å². The number of carbonyl (C=O) groups is 1. The van der Waals surface area contributed by atoms with Gasteiger partial charge in [0.2, 0.25) is 0 Å². The van der Waals surface area contributed by atoms with Crippen LogP contribution in [0.5, 0.6) is 0 Å². The van der Waals surface area contributed by atoms with Crippen LogP contribution < -0.4 is 0 Å². The van der Waals surface area contributed by atoms with Crippen LogP contribution in [0.2, 0.25) is 0 Å². The summed E-state index contributed by atoms with van der Waals surface area (Å²) in [6, 6.07) is 5.71. The van der Waals surface area contributed by atoms with Gasteiger partial charge in [-0.2, -0.15) is 0 Å². The van der Waals surface area contributed by atoms with E-state index in [-0.39, 0.29) is 12.0 Å². The Morgan fingerprint density at radius 3 is 2.71 bits per heavy atom. The summed E-state index contributed by atoms with van der Waals surface area (Å²) in [7, 11) is 0. The number of rotatable bonds is 1. The molecule has 0 saturated carbocycles. The summed E-state index contributed by atoms with van der Waals surface area (Å²) in [5.74, 6) is 0.0486. The molecule has 1 aromatic carbocycles. The first-order valence-electron chi connectivity index (χ1n) is 5.82. The van der Waals surface area contributed by atoms with Crippen molar-refractivity contribution in [2.24, 2.45) is 0 Å². The van der Waals surface area contributed by atoms with Crippen LogP contribution in [-0.2, 0) is 0 Å². The highest BCUT2D eigenvalue weighted by atomic mass is 79.9. The van der Waals surface area contributed by atoms with Crippen molar-refractivity contribution in [3.8, 4) is 0 Å². The summed E-state index contributed by atoms with van der Waals surface area (Å²) in [6.07, 6.45) is 1.10. The zero-order valence-electron chi connectivity index (χ0n) is 9.82. The summed E-state index contributed by atoms with van der Waals surface area (Å²) < 4.78 is 0.871. The minimum atomic E-state index is -0.250. The predicted octanol–water partition coefficient (Wildman–Crippen LogP) is 2.35. The summed E-state index contributed by atoms with van der Waals surface area (Å²) in [6.45, 7) is 3.25. The second kappa shape index (κ2) is 5.19. The highest BCUT2D eigenvalue weighted by Gasteiger charge is 2.23. The highest BCUT2D eigenvalue weighted by molar-refractivity contribution is 9.10. The molecule has 1 N–H and O–H groups in total. The molecule has 2 rings (SSSR count).